The average Bonchev–Trinajstić information content (AvgIpc) is 1.59. The molecule has 0 aliphatic heterocycles. The second-order valence-corrected chi connectivity index (χ2v) is 1.72. The van der Waals surface area contributed by atoms with E-state index in [-0.39, 0.29) is 35.8 Å². The molecule has 0 aromatic carbocycles. The summed E-state index contributed by atoms with van der Waals surface area (Å²) in [6.45, 7) is 0. The summed E-state index contributed by atoms with van der Waals surface area (Å²) in [7, 11) is 0. The van der Waals surface area contributed by atoms with E-state index in [0.29, 0.717) is 17.6 Å². The van der Waals surface area contributed by atoms with Gasteiger partial charge in [0.1, 0.15) is 0 Å². The van der Waals surface area contributed by atoms with Crippen LogP contribution in [0.1, 0.15) is 0 Å². The van der Waals surface area contributed by atoms with Crippen LogP contribution in [0.5, 0.6) is 0 Å². The molecule has 0 spiro atoms. The van der Waals surface area contributed by atoms with Gasteiger partial charge in [0.2, 0.25) is 5.82 Å². The molecule has 0 aliphatic rings. The molecule has 0 saturated carbocycles. The van der Waals surface area contributed by atoms with E-state index in [1.54, 1.807) is 6.07 Å². The Bertz CT molecular complexity index is 185. The Morgan fingerprint density at radius 3 is 1.38 bits per heavy atom. The molecule has 0 fully saturated rings. The maximum atomic E-state index is 5.32. The van der Waals surface area contributed by atoms with Crippen LogP contribution in [-0.2, 0) is 0 Å². The van der Waals surface area contributed by atoms with Crippen LogP contribution in [0.3, 0.4) is 0 Å². The van der Waals surface area contributed by atoms with Crippen molar-refractivity contribution in [1.29, 1.82) is 0 Å². The number of hydrogen-bond donors (Lipinski definition) is 3. The lowest BCUT2D eigenvalue weighted by Crippen LogP contribution is -3.00. The predicted octanol–water partition coefficient (Wildman–Crippen LogP) is -9.58. The van der Waals surface area contributed by atoms with Crippen LogP contribution < -0.4 is 52.0 Å². The third-order valence-electron chi connectivity index (χ3n) is 0.869. The first-order chi connectivity index (χ1) is 4.18. The predicted molar refractivity (Wildman–Crippen MR) is 40.0 cm³/mol. The fraction of sp³-hybridized carbons (Fsp3) is 0. The van der Waals surface area contributed by atoms with Crippen molar-refractivity contribution in [3.8, 4) is 0 Å². The van der Waals surface area contributed by atoms with Gasteiger partial charge in [0.05, 0.1) is 6.07 Å². The maximum Gasteiger partial charge on any atom is 0.440 e. The highest BCUT2D eigenvalue weighted by atomic mass is 35.5. The van der Waals surface area contributed by atoms with E-state index in [4.69, 9.17) is 17.2 Å². The van der Waals surface area contributed by atoms with E-state index in [0.717, 1.165) is 0 Å². The molecule has 1 aromatic heterocycles. The fourth-order valence-electron chi connectivity index (χ4n) is 0.582. The van der Waals surface area contributed by atoms with Gasteiger partial charge < -0.3 is 41.5 Å². The highest BCUT2D eigenvalue weighted by molar-refractivity contribution is 5.33. The zero-order valence-corrected chi connectivity index (χ0v) is 8.08. The van der Waals surface area contributed by atoms with Gasteiger partial charge in [0.25, 0.3) is 5.82 Å². The molecule has 80 valence electrons. The number of nitrogens with two attached hydrogens (primary N) is 3. The summed E-state index contributed by atoms with van der Waals surface area (Å²) in [5, 5.41) is 0. The van der Waals surface area contributed by atoms with Crippen molar-refractivity contribution in [1.82, 2.24) is 0 Å². The molecule has 0 unspecified atom stereocenters. The van der Waals surface area contributed by atoms with Crippen LogP contribution in [-0.4, -0.2) is 11.0 Å². The zero-order chi connectivity index (χ0) is 6.85. The number of H-pyrrole nitrogens is 2. The SMILES string of the molecule is Nc1cc(N)[nH+]c(N)[nH+]1.O.O.[Cl-].[Cl-]. The van der Waals surface area contributed by atoms with E-state index in [1.165, 1.54) is 0 Å². The van der Waals surface area contributed by atoms with Crippen LogP contribution in [0, 0.1) is 0 Å². The minimum atomic E-state index is 0. The Labute approximate surface area is 87.2 Å². The highest BCUT2D eigenvalue weighted by Crippen LogP contribution is 1.92. The Kier molecular flexibility index (Phi) is 15.8. The first kappa shape index (κ1) is 22.7. The Balaban J connectivity index is -0.000000101. The van der Waals surface area contributed by atoms with Gasteiger partial charge in [-0.1, -0.05) is 0 Å². The fourth-order valence-corrected chi connectivity index (χ4v) is 0.582. The van der Waals surface area contributed by atoms with E-state index < -0.39 is 0 Å². The van der Waals surface area contributed by atoms with Crippen LogP contribution in [0.4, 0.5) is 17.6 Å². The molecular formula is C4H13Cl2N5O2. The minimum Gasteiger partial charge on any atom is -1.00 e. The first-order valence-corrected chi connectivity index (χ1v) is 2.44. The summed E-state index contributed by atoms with van der Waals surface area (Å²) < 4.78 is 0. The quantitative estimate of drug-likeness (QED) is 0.405. The zero-order valence-electron chi connectivity index (χ0n) is 6.57. The number of halogens is 2. The number of aromatic nitrogens is 2. The van der Waals surface area contributed by atoms with Gasteiger partial charge in [-0.3, -0.25) is 11.5 Å². The Morgan fingerprint density at radius 1 is 0.846 bits per heavy atom. The minimum absolute atomic E-state index is 0. The summed E-state index contributed by atoms with van der Waals surface area (Å²) in [6.07, 6.45) is 0. The van der Waals surface area contributed by atoms with Crippen LogP contribution >= 0.6 is 0 Å². The molecule has 1 aromatic rings. The Hall–Kier alpha value is -1.02. The van der Waals surface area contributed by atoms with Crippen molar-refractivity contribution < 1.29 is 45.7 Å². The number of nitrogens with one attached hydrogen (secondary N) is 2. The average molecular weight is 234 g/mol. The normalized spacial score (nSPS) is 6.46. The maximum absolute atomic E-state index is 5.32. The molecule has 0 aliphatic carbocycles. The molecule has 0 bridgehead atoms. The van der Waals surface area contributed by atoms with Gasteiger partial charge >= 0.3 is 5.95 Å². The third-order valence-corrected chi connectivity index (χ3v) is 0.869. The lowest BCUT2D eigenvalue weighted by Gasteiger charge is -1.86. The van der Waals surface area contributed by atoms with Gasteiger partial charge in [0, 0.05) is 0 Å². The summed E-state index contributed by atoms with van der Waals surface area (Å²) in [4.78, 5) is 5.26. The number of hydrogen-bond acceptors (Lipinski definition) is 3. The van der Waals surface area contributed by atoms with E-state index in [9.17, 15) is 0 Å². The molecular weight excluding hydrogens is 221 g/mol. The molecule has 0 atom stereocenters. The Morgan fingerprint density at radius 2 is 1.15 bits per heavy atom. The third kappa shape index (κ3) is 7.34. The molecule has 13 heavy (non-hydrogen) atoms. The van der Waals surface area contributed by atoms with Crippen molar-refractivity contribution in [2.75, 3.05) is 17.2 Å². The summed E-state index contributed by atoms with van der Waals surface area (Å²) in [6, 6.07) is 1.55. The van der Waals surface area contributed by atoms with E-state index in [1.807, 2.05) is 0 Å². The highest BCUT2D eigenvalue weighted by Gasteiger charge is 2.02. The first-order valence-electron chi connectivity index (χ1n) is 2.44. The largest absolute Gasteiger partial charge is 1.00 e. The molecule has 7 nitrogen and oxygen atoms in total. The summed E-state index contributed by atoms with van der Waals surface area (Å²) >= 11 is 0. The summed E-state index contributed by atoms with van der Waals surface area (Å²) in [5.41, 5.74) is 15.9. The van der Waals surface area contributed by atoms with Gasteiger partial charge in [-0.05, 0) is 0 Å². The topological polar surface area (TPSA) is 169 Å². The standard InChI is InChI=1S/C4H7N5.2ClH.2H2O/c5-2-1-3(6)9-4(7)8-2;;;;/h1H,(H6,5,6,7,8,9);2*1H;2*1H2. The van der Waals surface area contributed by atoms with Crippen LogP contribution in [0.15, 0.2) is 6.07 Å². The van der Waals surface area contributed by atoms with Crippen LogP contribution in [0.2, 0.25) is 0 Å². The molecule has 1 rings (SSSR count). The number of rotatable bonds is 0. The van der Waals surface area contributed by atoms with Crippen LogP contribution in [0.25, 0.3) is 0 Å². The molecule has 0 saturated heterocycles. The van der Waals surface area contributed by atoms with Crippen molar-refractivity contribution in [3.05, 3.63) is 6.07 Å². The molecule has 9 heteroatoms. The smallest absolute Gasteiger partial charge is 0.440 e. The van der Waals surface area contributed by atoms with Crippen molar-refractivity contribution in [3.63, 3.8) is 0 Å². The lowest BCUT2D eigenvalue weighted by atomic mass is 10.5. The summed E-state index contributed by atoms with van der Waals surface area (Å²) in [5.74, 6) is 1.25. The van der Waals surface area contributed by atoms with Gasteiger partial charge in [-0.25, -0.2) is 0 Å². The van der Waals surface area contributed by atoms with Crippen molar-refractivity contribution in [2.45, 2.75) is 0 Å². The molecule has 0 radical (unpaired) electrons. The van der Waals surface area contributed by atoms with Gasteiger partial charge in [0.15, 0.2) is 0 Å². The van der Waals surface area contributed by atoms with E-state index in [2.05, 4.69) is 9.97 Å². The second-order valence-electron chi connectivity index (χ2n) is 1.72. The number of aromatic amines is 2. The molecule has 1 heterocycles. The van der Waals surface area contributed by atoms with E-state index >= 15 is 0 Å². The lowest BCUT2D eigenvalue weighted by molar-refractivity contribution is -0.483. The monoisotopic (exact) mass is 233 g/mol. The number of anilines is 3. The molecule has 12 N–H and O–H groups in total. The van der Waals surface area contributed by atoms with Gasteiger partial charge in [-0.15, -0.1) is 0 Å². The van der Waals surface area contributed by atoms with Crippen molar-refractivity contribution in [2.24, 2.45) is 0 Å². The second kappa shape index (κ2) is 9.07. The van der Waals surface area contributed by atoms with Crippen molar-refractivity contribution >= 4 is 17.6 Å². The molecule has 0 amide bonds. The van der Waals surface area contributed by atoms with Gasteiger partial charge in [-0.2, -0.15) is 9.97 Å². The number of nitrogen functional groups attached to an aromatic ring is 3.